The fourth-order valence-corrected chi connectivity index (χ4v) is 4.81. The van der Waals surface area contributed by atoms with E-state index >= 15 is 0 Å². The largest absolute Gasteiger partial charge is 0.433 e. The minimum atomic E-state index is -4.67. The minimum absolute atomic E-state index is 0.0179. The number of carbonyl (C=O) groups excluding carboxylic acids is 2. The summed E-state index contributed by atoms with van der Waals surface area (Å²) in [7, 11) is 0. The Labute approximate surface area is 195 Å². The van der Waals surface area contributed by atoms with Gasteiger partial charge in [-0.3, -0.25) is 9.59 Å². The van der Waals surface area contributed by atoms with Gasteiger partial charge < -0.3 is 15.5 Å². The van der Waals surface area contributed by atoms with Gasteiger partial charge in [0.2, 0.25) is 11.8 Å². The number of thiophene rings is 1. The quantitative estimate of drug-likeness (QED) is 0.634. The number of rotatable bonds is 5. The summed E-state index contributed by atoms with van der Waals surface area (Å²) in [5, 5.41) is 1.70. The van der Waals surface area contributed by atoms with Crippen molar-refractivity contribution in [2.75, 3.05) is 19.6 Å². The molecule has 0 bridgehead atoms. The molecule has 1 fully saturated rings. The van der Waals surface area contributed by atoms with Crippen molar-refractivity contribution in [2.45, 2.75) is 50.4 Å². The summed E-state index contributed by atoms with van der Waals surface area (Å²) < 4.78 is 68.2. The lowest BCUT2D eigenvalue weighted by molar-refractivity contribution is -0.148. The highest BCUT2D eigenvalue weighted by Gasteiger charge is 2.41. The molecule has 1 atom stereocenters. The molecule has 2 amide bonds. The monoisotopic (exact) mass is 503 g/mol. The van der Waals surface area contributed by atoms with Crippen LogP contribution in [-0.4, -0.2) is 63.2 Å². The maximum atomic E-state index is 13.7. The molecule has 0 unspecified atom stereocenters. The van der Waals surface area contributed by atoms with Crippen LogP contribution in [0.3, 0.4) is 0 Å². The van der Waals surface area contributed by atoms with Crippen LogP contribution in [0.15, 0.2) is 17.5 Å². The molecule has 2 aromatic heterocycles. The molecule has 7 nitrogen and oxygen atoms in total. The van der Waals surface area contributed by atoms with Crippen LogP contribution in [0.4, 0.5) is 22.0 Å². The van der Waals surface area contributed by atoms with Crippen LogP contribution in [0.2, 0.25) is 0 Å². The smallest absolute Gasteiger partial charge is 0.336 e. The van der Waals surface area contributed by atoms with Gasteiger partial charge in [0.1, 0.15) is 0 Å². The van der Waals surface area contributed by atoms with E-state index in [4.69, 9.17) is 5.73 Å². The molecule has 4 heterocycles. The number of fused-ring (bicyclic) bond motifs is 1. The second kappa shape index (κ2) is 9.17. The van der Waals surface area contributed by atoms with Crippen molar-refractivity contribution in [3.05, 3.63) is 34.5 Å². The molecular weight excluding hydrogens is 481 g/mol. The standard InChI is InChI=1S/C21H22F5N5O2S/c22-20(23)5-3-16(32)31(11-20)9-12(27)8-17(33)30-6-4-13-14(10-30)28-19(15-2-1-7-34-15)29-18(13)21(24,25)26/h1-2,7,12H,3-6,8-11,27H2/t12-/m0/s1. The van der Waals surface area contributed by atoms with E-state index in [0.717, 1.165) is 4.90 Å². The van der Waals surface area contributed by atoms with Gasteiger partial charge in [-0.2, -0.15) is 13.2 Å². The number of nitrogens with zero attached hydrogens (tertiary/aromatic N) is 4. The summed E-state index contributed by atoms with van der Waals surface area (Å²) in [5.74, 6) is -3.95. The minimum Gasteiger partial charge on any atom is -0.336 e. The molecule has 4 rings (SSSR count). The van der Waals surface area contributed by atoms with Gasteiger partial charge in [0.05, 0.1) is 23.7 Å². The van der Waals surface area contributed by atoms with E-state index < -0.39 is 48.6 Å². The van der Waals surface area contributed by atoms with Crippen LogP contribution in [-0.2, 0) is 28.7 Å². The van der Waals surface area contributed by atoms with E-state index in [0.29, 0.717) is 4.88 Å². The fraction of sp³-hybridized carbons (Fsp3) is 0.524. The number of nitrogens with two attached hydrogens (primary N) is 1. The molecule has 34 heavy (non-hydrogen) atoms. The van der Waals surface area contributed by atoms with Crippen molar-refractivity contribution in [3.8, 4) is 10.7 Å². The average Bonchev–Trinajstić information content (AvgIpc) is 3.29. The third-order valence-corrected chi connectivity index (χ3v) is 6.66. The molecule has 0 aromatic carbocycles. The van der Waals surface area contributed by atoms with E-state index in [2.05, 4.69) is 9.97 Å². The zero-order chi connectivity index (χ0) is 24.7. The number of likely N-dealkylation sites (tertiary alicyclic amines) is 1. The van der Waals surface area contributed by atoms with Gasteiger partial charge in [-0.25, -0.2) is 18.7 Å². The maximum absolute atomic E-state index is 13.7. The van der Waals surface area contributed by atoms with Gasteiger partial charge in [0.25, 0.3) is 5.92 Å². The van der Waals surface area contributed by atoms with Crippen LogP contribution in [0, 0.1) is 0 Å². The van der Waals surface area contributed by atoms with Crippen molar-refractivity contribution in [2.24, 2.45) is 5.73 Å². The molecule has 2 aromatic rings. The summed E-state index contributed by atoms with van der Waals surface area (Å²) >= 11 is 1.20. The Morgan fingerprint density at radius 1 is 1.26 bits per heavy atom. The van der Waals surface area contributed by atoms with Crippen molar-refractivity contribution in [1.29, 1.82) is 0 Å². The van der Waals surface area contributed by atoms with Gasteiger partial charge in [-0.1, -0.05) is 6.07 Å². The van der Waals surface area contributed by atoms with E-state index in [-0.39, 0.29) is 56.0 Å². The van der Waals surface area contributed by atoms with Gasteiger partial charge in [0.15, 0.2) is 11.5 Å². The molecule has 2 N–H and O–H groups in total. The van der Waals surface area contributed by atoms with Crippen molar-refractivity contribution >= 4 is 23.2 Å². The first-order chi connectivity index (χ1) is 15.9. The normalized spacial score (nSPS) is 19.2. The molecule has 0 saturated carbocycles. The average molecular weight is 503 g/mol. The van der Waals surface area contributed by atoms with Gasteiger partial charge in [-0.05, 0) is 17.9 Å². The maximum Gasteiger partial charge on any atom is 0.433 e. The zero-order valence-electron chi connectivity index (χ0n) is 17.9. The van der Waals surface area contributed by atoms with E-state index in [1.165, 1.54) is 16.2 Å². The molecule has 0 spiro atoms. The first kappa shape index (κ1) is 24.5. The van der Waals surface area contributed by atoms with E-state index in [1.54, 1.807) is 17.5 Å². The first-order valence-corrected chi connectivity index (χ1v) is 11.5. The number of alkyl halides is 5. The number of carbonyl (C=O) groups is 2. The SMILES string of the molecule is N[C@@H](CC(=O)N1CCc2c(nc(-c3cccs3)nc2C(F)(F)F)C1)CN1CC(F)(F)CCC1=O. The summed E-state index contributed by atoms with van der Waals surface area (Å²) in [6.07, 6.45) is -5.79. The predicted molar refractivity (Wildman–Crippen MR) is 113 cm³/mol. The zero-order valence-corrected chi connectivity index (χ0v) is 18.8. The van der Waals surface area contributed by atoms with E-state index in [1.807, 2.05) is 0 Å². The van der Waals surface area contributed by atoms with Gasteiger partial charge in [-0.15, -0.1) is 11.3 Å². The Kier molecular flexibility index (Phi) is 6.60. The third kappa shape index (κ3) is 5.35. The van der Waals surface area contributed by atoms with Crippen molar-refractivity contribution < 1.29 is 31.5 Å². The number of halogens is 5. The second-order valence-corrected chi connectivity index (χ2v) is 9.40. The Bertz CT molecular complexity index is 1080. The predicted octanol–water partition coefficient (Wildman–Crippen LogP) is 3.08. The number of hydrogen-bond acceptors (Lipinski definition) is 6. The lowest BCUT2D eigenvalue weighted by Gasteiger charge is -2.34. The molecule has 13 heteroatoms. The molecular formula is C21H22F5N5O2S. The summed E-state index contributed by atoms with van der Waals surface area (Å²) in [6, 6.07) is 2.41. The van der Waals surface area contributed by atoms with Crippen molar-refractivity contribution in [3.63, 3.8) is 0 Å². The van der Waals surface area contributed by atoms with Crippen LogP contribution >= 0.6 is 11.3 Å². The highest BCUT2D eigenvalue weighted by Crippen LogP contribution is 2.36. The van der Waals surface area contributed by atoms with Gasteiger partial charge in [0, 0.05) is 44.0 Å². The van der Waals surface area contributed by atoms with Crippen LogP contribution in [0.1, 0.15) is 36.2 Å². The van der Waals surface area contributed by atoms with Gasteiger partial charge >= 0.3 is 6.18 Å². The molecule has 2 aliphatic rings. The first-order valence-electron chi connectivity index (χ1n) is 10.6. The van der Waals surface area contributed by atoms with Crippen LogP contribution < -0.4 is 5.73 Å². The fourth-order valence-electron chi connectivity index (χ4n) is 4.16. The lowest BCUT2D eigenvalue weighted by Crippen LogP contribution is -2.51. The van der Waals surface area contributed by atoms with Crippen molar-refractivity contribution in [1.82, 2.24) is 19.8 Å². The number of hydrogen-bond donors (Lipinski definition) is 1. The summed E-state index contributed by atoms with van der Waals surface area (Å²) in [5.41, 5.74) is 5.04. The molecule has 2 aliphatic heterocycles. The Hall–Kier alpha value is -2.67. The van der Waals surface area contributed by atoms with E-state index in [9.17, 15) is 31.5 Å². The lowest BCUT2D eigenvalue weighted by atomic mass is 10.0. The highest BCUT2D eigenvalue weighted by atomic mass is 32.1. The molecule has 1 saturated heterocycles. The second-order valence-electron chi connectivity index (χ2n) is 8.46. The number of amides is 2. The number of piperidine rings is 1. The molecule has 0 aliphatic carbocycles. The molecule has 184 valence electrons. The third-order valence-electron chi connectivity index (χ3n) is 5.80. The Morgan fingerprint density at radius 3 is 2.71 bits per heavy atom. The summed E-state index contributed by atoms with van der Waals surface area (Å²) in [6.45, 7) is -1.07. The molecule has 0 radical (unpaired) electrons. The number of aromatic nitrogens is 2. The Balaban J connectivity index is 1.47. The summed E-state index contributed by atoms with van der Waals surface area (Å²) in [4.78, 5) is 35.6. The van der Waals surface area contributed by atoms with Crippen LogP contribution in [0.5, 0.6) is 0 Å². The Morgan fingerprint density at radius 2 is 2.03 bits per heavy atom. The van der Waals surface area contributed by atoms with Crippen LogP contribution in [0.25, 0.3) is 10.7 Å². The highest BCUT2D eigenvalue weighted by molar-refractivity contribution is 7.13. The topological polar surface area (TPSA) is 92.4 Å².